The summed E-state index contributed by atoms with van der Waals surface area (Å²) in [5.74, 6) is 2.09. The van der Waals surface area contributed by atoms with E-state index in [0.29, 0.717) is 0 Å². The Morgan fingerprint density at radius 3 is 1.84 bits per heavy atom. The number of hydrogen-bond acceptors (Lipinski definition) is 2. The van der Waals surface area contributed by atoms with E-state index in [0.717, 1.165) is 11.6 Å². The molecule has 0 radical (unpaired) electrons. The van der Waals surface area contributed by atoms with Crippen LogP contribution in [0.5, 0.6) is 0 Å². The molecule has 2 atom stereocenters. The van der Waals surface area contributed by atoms with Gasteiger partial charge in [-0.3, -0.25) is 4.57 Å². The van der Waals surface area contributed by atoms with Crippen molar-refractivity contribution in [2.75, 3.05) is 4.90 Å². The van der Waals surface area contributed by atoms with Crippen molar-refractivity contribution in [2.45, 2.75) is 12.0 Å². The molecule has 8 aromatic rings. The molecule has 1 aliphatic heterocycles. The van der Waals surface area contributed by atoms with Crippen molar-refractivity contribution in [3.63, 3.8) is 0 Å². The largest absolute Gasteiger partial charge is 0.318 e. The number of fused-ring (bicyclic) bond motifs is 10. The zero-order valence-electron chi connectivity index (χ0n) is 24.5. The second-order valence-electron chi connectivity index (χ2n) is 12.0. The van der Waals surface area contributed by atoms with Gasteiger partial charge >= 0.3 is 0 Å². The van der Waals surface area contributed by atoms with Crippen LogP contribution in [0.25, 0.3) is 55.1 Å². The first-order valence-electron chi connectivity index (χ1n) is 15.6. The molecule has 0 amide bonds. The highest BCUT2D eigenvalue weighted by Crippen LogP contribution is 2.52. The molecule has 0 bridgehead atoms. The molecule has 4 heterocycles. The maximum atomic E-state index is 5.41. The molecule has 2 unspecified atom stereocenters. The minimum atomic E-state index is 0.135. The van der Waals surface area contributed by atoms with Crippen molar-refractivity contribution >= 4 is 55.1 Å². The first-order valence-corrected chi connectivity index (χ1v) is 15.6. The zero-order valence-corrected chi connectivity index (χ0v) is 24.5. The Bertz CT molecular complexity index is 2460. The molecule has 2 aliphatic rings. The van der Waals surface area contributed by atoms with Crippen LogP contribution in [-0.2, 0) is 0 Å². The highest BCUT2D eigenvalue weighted by molar-refractivity contribution is 6.14. The molecule has 3 aromatic heterocycles. The number of nitrogens with zero attached hydrogens (tertiary/aromatic N) is 4. The van der Waals surface area contributed by atoms with Gasteiger partial charge in [-0.15, -0.1) is 0 Å². The smallest absolute Gasteiger partial charge is 0.140 e. The van der Waals surface area contributed by atoms with Crippen molar-refractivity contribution in [3.8, 4) is 11.5 Å². The van der Waals surface area contributed by atoms with Gasteiger partial charge in [-0.25, -0.2) is 4.98 Å². The topological polar surface area (TPSA) is 26.0 Å². The van der Waals surface area contributed by atoms with Gasteiger partial charge in [0.15, 0.2) is 0 Å². The lowest BCUT2D eigenvalue weighted by atomic mass is 9.89. The van der Waals surface area contributed by atoms with E-state index >= 15 is 0 Å². The van der Waals surface area contributed by atoms with E-state index in [1.165, 1.54) is 60.5 Å². The molecular weight excluding hydrogens is 548 g/mol. The van der Waals surface area contributed by atoms with Crippen molar-refractivity contribution in [2.24, 2.45) is 0 Å². The number of rotatable bonds is 3. The number of allylic oxidation sites excluding steroid dienone is 2. The van der Waals surface area contributed by atoms with Crippen molar-refractivity contribution < 1.29 is 0 Å². The summed E-state index contributed by atoms with van der Waals surface area (Å²) in [6.45, 7) is 0. The standard InChI is InChI=1S/C41H28N4/c1-2-13-27(14-3-1)43-34-21-10-6-17-30(34)40-36(43)25-26-37-41(40)31-18-7-11-22-35(31)45(37)39-24-12-23-38(42-39)44-32-19-8-4-15-28(32)29-16-5-9-20-33(29)44/h1-26,31,35H. The van der Waals surface area contributed by atoms with E-state index in [4.69, 9.17) is 4.98 Å². The molecule has 5 aromatic carbocycles. The number of benzene rings is 5. The van der Waals surface area contributed by atoms with E-state index < -0.39 is 0 Å². The summed E-state index contributed by atoms with van der Waals surface area (Å²) in [5.41, 5.74) is 8.55. The average molecular weight is 577 g/mol. The summed E-state index contributed by atoms with van der Waals surface area (Å²) in [6.07, 6.45) is 9.09. The highest BCUT2D eigenvalue weighted by atomic mass is 15.3. The minimum absolute atomic E-state index is 0.135. The molecule has 0 fully saturated rings. The van der Waals surface area contributed by atoms with Crippen LogP contribution in [0.4, 0.5) is 11.5 Å². The second kappa shape index (κ2) is 9.31. The van der Waals surface area contributed by atoms with Crippen LogP contribution in [0.15, 0.2) is 158 Å². The number of pyridine rings is 1. The van der Waals surface area contributed by atoms with Crippen molar-refractivity contribution in [1.82, 2.24) is 14.1 Å². The van der Waals surface area contributed by atoms with Crippen LogP contribution in [0.3, 0.4) is 0 Å². The van der Waals surface area contributed by atoms with E-state index in [2.05, 4.69) is 172 Å². The van der Waals surface area contributed by atoms with Gasteiger partial charge in [-0.2, -0.15) is 0 Å². The third-order valence-corrected chi connectivity index (χ3v) is 9.64. The maximum Gasteiger partial charge on any atom is 0.140 e. The van der Waals surface area contributed by atoms with Crippen LogP contribution in [0.2, 0.25) is 0 Å². The fraction of sp³-hybridized carbons (Fsp3) is 0.0488. The molecule has 4 nitrogen and oxygen atoms in total. The van der Waals surface area contributed by atoms with Gasteiger partial charge in [0.1, 0.15) is 11.6 Å². The monoisotopic (exact) mass is 576 g/mol. The molecule has 212 valence electrons. The predicted octanol–water partition coefficient (Wildman–Crippen LogP) is 10.0. The van der Waals surface area contributed by atoms with Gasteiger partial charge < -0.3 is 9.47 Å². The van der Waals surface area contributed by atoms with Gasteiger partial charge in [0.2, 0.25) is 0 Å². The lowest BCUT2D eigenvalue weighted by Gasteiger charge is -2.28. The van der Waals surface area contributed by atoms with Crippen LogP contribution in [0.1, 0.15) is 11.5 Å². The maximum absolute atomic E-state index is 5.41. The molecule has 0 N–H and O–H groups in total. The SMILES string of the molecule is C1=CC2c3c(ccc4c3c3ccccc3n4-c3ccccc3)N(c3cccc(-n4c5ccccc5c5ccccc54)n3)C2C=C1. The van der Waals surface area contributed by atoms with E-state index in [-0.39, 0.29) is 12.0 Å². The third kappa shape index (κ3) is 3.39. The normalized spacial score (nSPS) is 17.1. The van der Waals surface area contributed by atoms with Gasteiger partial charge in [-0.1, -0.05) is 103 Å². The molecule has 4 heteroatoms. The van der Waals surface area contributed by atoms with E-state index in [9.17, 15) is 0 Å². The lowest BCUT2D eigenvalue weighted by molar-refractivity contribution is 0.740. The number of hydrogen-bond donors (Lipinski definition) is 0. The number of aromatic nitrogens is 3. The summed E-state index contributed by atoms with van der Waals surface area (Å²) >= 11 is 0. The Labute approximate surface area is 260 Å². The fourth-order valence-electron chi connectivity index (χ4n) is 7.86. The fourth-order valence-corrected chi connectivity index (χ4v) is 7.86. The Balaban J connectivity index is 1.22. The van der Waals surface area contributed by atoms with Gasteiger partial charge in [-0.05, 0) is 60.2 Å². The van der Waals surface area contributed by atoms with E-state index in [1.807, 2.05) is 0 Å². The molecule has 10 rings (SSSR count). The second-order valence-corrected chi connectivity index (χ2v) is 12.0. The summed E-state index contributed by atoms with van der Waals surface area (Å²) in [5, 5.41) is 5.08. The molecule has 0 spiro atoms. The molecule has 1 aliphatic carbocycles. The van der Waals surface area contributed by atoms with Crippen molar-refractivity contribution in [1.29, 1.82) is 0 Å². The Kier molecular flexibility index (Phi) is 5.08. The van der Waals surface area contributed by atoms with Gasteiger partial charge in [0.05, 0.1) is 28.1 Å². The molecule has 45 heavy (non-hydrogen) atoms. The Hall–Kier alpha value is -5.87. The zero-order chi connectivity index (χ0) is 29.5. The van der Waals surface area contributed by atoms with Gasteiger partial charge in [0.25, 0.3) is 0 Å². The van der Waals surface area contributed by atoms with E-state index in [1.54, 1.807) is 0 Å². The summed E-state index contributed by atoms with van der Waals surface area (Å²) in [7, 11) is 0. The third-order valence-electron chi connectivity index (χ3n) is 9.64. The Morgan fingerprint density at radius 1 is 0.467 bits per heavy atom. The molecule has 0 saturated carbocycles. The van der Waals surface area contributed by atoms with Crippen LogP contribution in [0, 0.1) is 0 Å². The molecule has 0 saturated heterocycles. The average Bonchev–Trinajstić information content (AvgIpc) is 3.74. The van der Waals surface area contributed by atoms with Crippen LogP contribution >= 0.6 is 0 Å². The quantitative estimate of drug-likeness (QED) is 0.209. The minimum Gasteiger partial charge on any atom is -0.318 e. The highest BCUT2D eigenvalue weighted by Gasteiger charge is 2.40. The first kappa shape index (κ1) is 24.6. The van der Waals surface area contributed by atoms with Crippen molar-refractivity contribution in [3.05, 3.63) is 163 Å². The Morgan fingerprint density at radius 2 is 1.09 bits per heavy atom. The van der Waals surface area contributed by atoms with Gasteiger partial charge in [0, 0.05) is 38.8 Å². The van der Waals surface area contributed by atoms with Crippen LogP contribution in [-0.4, -0.2) is 20.2 Å². The summed E-state index contributed by atoms with van der Waals surface area (Å²) in [4.78, 5) is 7.86. The first-order chi connectivity index (χ1) is 22.4. The lowest BCUT2D eigenvalue weighted by Crippen LogP contribution is -2.29. The molecular formula is C41H28N4. The predicted molar refractivity (Wildman–Crippen MR) is 186 cm³/mol. The summed E-state index contributed by atoms with van der Waals surface area (Å²) < 4.78 is 4.71. The number of para-hydroxylation sites is 4. The van der Waals surface area contributed by atoms with Crippen LogP contribution < -0.4 is 4.90 Å². The summed E-state index contributed by atoms with van der Waals surface area (Å²) in [6, 6.07) is 48.0. The number of anilines is 2.